The van der Waals surface area contributed by atoms with Crippen LogP contribution < -0.4 is 0 Å². The second-order valence-electron chi connectivity index (χ2n) is 8.95. The third-order valence-electron chi connectivity index (χ3n) is 5.84. The van der Waals surface area contributed by atoms with Crippen LogP contribution in [0, 0.1) is 5.92 Å². The number of aliphatic carboxylic acids is 1. The van der Waals surface area contributed by atoms with Crippen molar-refractivity contribution in [2.24, 2.45) is 5.92 Å². The van der Waals surface area contributed by atoms with Gasteiger partial charge in [-0.15, -0.1) is 0 Å². The number of unbranched alkanes of at least 4 members (excludes halogenated alkanes) is 9. The molecular formula is C26H48O5. The number of Topliss-reactive ketones (excluding diaryl/α,β-unsaturated/α-hetero) is 1. The normalized spacial score (nSPS) is 11.9. The summed E-state index contributed by atoms with van der Waals surface area (Å²) in [7, 11) is 0. The fourth-order valence-electron chi connectivity index (χ4n) is 3.81. The number of ketones is 1. The predicted octanol–water partition coefficient (Wildman–Crippen LogP) is 7.25. The average Bonchev–Trinajstić information content (AvgIpc) is 2.74. The zero-order valence-electron chi connectivity index (χ0n) is 20.3. The molecule has 0 aliphatic carbocycles. The van der Waals surface area contributed by atoms with Crippen LogP contribution in [0.5, 0.6) is 0 Å². The summed E-state index contributed by atoms with van der Waals surface area (Å²) >= 11 is 0. The predicted molar refractivity (Wildman–Crippen MR) is 126 cm³/mol. The van der Waals surface area contributed by atoms with Crippen LogP contribution in [0.15, 0.2) is 0 Å². The van der Waals surface area contributed by atoms with E-state index in [2.05, 4.69) is 13.8 Å². The van der Waals surface area contributed by atoms with Gasteiger partial charge in [-0.05, 0) is 44.4 Å². The lowest BCUT2D eigenvalue weighted by Crippen LogP contribution is -2.14. The maximum absolute atomic E-state index is 12.1. The van der Waals surface area contributed by atoms with E-state index in [-0.39, 0.29) is 18.2 Å². The quantitative estimate of drug-likeness (QED) is 0.134. The van der Waals surface area contributed by atoms with E-state index >= 15 is 0 Å². The molecule has 0 aromatic rings. The standard InChI is InChI=1S/C26H48O5/c1-3-5-7-8-9-11-17-23(16-10-6-4-2)22-31-26(30)21-15-13-19-24(27)18-12-14-20-25(28)29/h23H,3-22H2,1-2H3,(H,28,29). The number of carboxylic acids is 1. The molecule has 182 valence electrons. The lowest BCUT2D eigenvalue weighted by atomic mass is 9.95. The highest BCUT2D eigenvalue weighted by Crippen LogP contribution is 2.19. The molecular weight excluding hydrogens is 392 g/mol. The Kier molecular flexibility index (Phi) is 20.8. The number of rotatable bonds is 23. The maximum Gasteiger partial charge on any atom is 0.305 e. The van der Waals surface area contributed by atoms with Crippen molar-refractivity contribution in [3.8, 4) is 0 Å². The molecule has 0 saturated heterocycles. The molecule has 1 N–H and O–H groups in total. The summed E-state index contributed by atoms with van der Waals surface area (Å²) in [6.07, 6.45) is 17.7. The van der Waals surface area contributed by atoms with E-state index in [1.54, 1.807) is 0 Å². The number of carbonyl (C=O) groups excluding carboxylic acids is 2. The van der Waals surface area contributed by atoms with Crippen molar-refractivity contribution in [3.05, 3.63) is 0 Å². The van der Waals surface area contributed by atoms with Gasteiger partial charge in [0.25, 0.3) is 0 Å². The molecule has 0 aromatic heterocycles. The van der Waals surface area contributed by atoms with Crippen LogP contribution in [0.25, 0.3) is 0 Å². The number of hydrogen-bond donors (Lipinski definition) is 1. The Morgan fingerprint density at radius 1 is 0.645 bits per heavy atom. The summed E-state index contributed by atoms with van der Waals surface area (Å²) in [6.45, 7) is 4.99. The molecule has 0 saturated carbocycles. The highest BCUT2D eigenvalue weighted by atomic mass is 16.5. The van der Waals surface area contributed by atoms with Crippen molar-refractivity contribution in [2.75, 3.05) is 6.61 Å². The zero-order valence-corrected chi connectivity index (χ0v) is 20.3. The van der Waals surface area contributed by atoms with Gasteiger partial charge in [0.2, 0.25) is 0 Å². The largest absolute Gasteiger partial charge is 0.481 e. The Bertz CT molecular complexity index is 461. The Labute approximate surface area is 190 Å². The van der Waals surface area contributed by atoms with Crippen molar-refractivity contribution in [2.45, 2.75) is 136 Å². The molecule has 0 amide bonds. The summed E-state index contributed by atoms with van der Waals surface area (Å²) in [4.78, 5) is 34.3. The lowest BCUT2D eigenvalue weighted by Gasteiger charge is -2.17. The smallest absolute Gasteiger partial charge is 0.305 e. The number of hydrogen-bond acceptors (Lipinski definition) is 4. The van der Waals surface area contributed by atoms with Crippen LogP contribution in [-0.4, -0.2) is 29.4 Å². The minimum atomic E-state index is -0.814. The van der Waals surface area contributed by atoms with Crippen LogP contribution in [-0.2, 0) is 19.1 Å². The summed E-state index contributed by atoms with van der Waals surface area (Å²) in [5.74, 6) is -0.314. The van der Waals surface area contributed by atoms with Crippen LogP contribution in [0.3, 0.4) is 0 Å². The molecule has 0 radical (unpaired) electrons. The Balaban J connectivity index is 3.90. The van der Waals surface area contributed by atoms with E-state index in [1.807, 2.05) is 0 Å². The molecule has 0 rings (SSSR count). The van der Waals surface area contributed by atoms with Crippen LogP contribution in [0.4, 0.5) is 0 Å². The number of esters is 1. The van der Waals surface area contributed by atoms with Gasteiger partial charge in [-0.1, -0.05) is 71.6 Å². The van der Waals surface area contributed by atoms with Crippen LogP contribution in [0.1, 0.15) is 136 Å². The van der Waals surface area contributed by atoms with Gasteiger partial charge in [0.1, 0.15) is 5.78 Å². The van der Waals surface area contributed by atoms with Crippen molar-refractivity contribution in [1.29, 1.82) is 0 Å². The molecule has 5 nitrogen and oxygen atoms in total. The average molecular weight is 441 g/mol. The van der Waals surface area contributed by atoms with Crippen molar-refractivity contribution in [3.63, 3.8) is 0 Å². The number of carboxylic acid groups (broad SMARTS) is 1. The molecule has 0 fully saturated rings. The van der Waals surface area contributed by atoms with E-state index < -0.39 is 5.97 Å². The fourth-order valence-corrected chi connectivity index (χ4v) is 3.81. The molecule has 31 heavy (non-hydrogen) atoms. The Morgan fingerprint density at radius 3 is 1.74 bits per heavy atom. The SMILES string of the molecule is CCCCCCCCC(CCCCC)COC(=O)CCCCC(=O)CCCCC(=O)O. The third-order valence-corrected chi connectivity index (χ3v) is 5.84. The van der Waals surface area contributed by atoms with E-state index in [0.29, 0.717) is 57.5 Å². The van der Waals surface area contributed by atoms with Gasteiger partial charge in [0.05, 0.1) is 6.61 Å². The van der Waals surface area contributed by atoms with Gasteiger partial charge in [0.15, 0.2) is 0 Å². The Morgan fingerprint density at radius 2 is 1.13 bits per heavy atom. The monoisotopic (exact) mass is 440 g/mol. The highest BCUT2D eigenvalue weighted by molar-refractivity contribution is 5.78. The first-order valence-electron chi connectivity index (χ1n) is 12.9. The molecule has 1 unspecified atom stereocenters. The molecule has 0 aromatic carbocycles. The minimum Gasteiger partial charge on any atom is -0.481 e. The first-order chi connectivity index (χ1) is 15.0. The zero-order chi connectivity index (χ0) is 23.2. The maximum atomic E-state index is 12.1. The van der Waals surface area contributed by atoms with Gasteiger partial charge in [0, 0.05) is 25.7 Å². The summed E-state index contributed by atoms with van der Waals surface area (Å²) < 4.78 is 5.56. The Hall–Kier alpha value is -1.39. The topological polar surface area (TPSA) is 80.7 Å². The first-order valence-corrected chi connectivity index (χ1v) is 12.9. The number of ether oxygens (including phenoxy) is 1. The van der Waals surface area contributed by atoms with E-state index in [4.69, 9.17) is 9.84 Å². The van der Waals surface area contributed by atoms with Crippen molar-refractivity contribution < 1.29 is 24.2 Å². The molecule has 1 atom stereocenters. The summed E-state index contributed by atoms with van der Waals surface area (Å²) in [5.41, 5.74) is 0. The van der Waals surface area contributed by atoms with Crippen molar-refractivity contribution in [1.82, 2.24) is 0 Å². The number of carbonyl (C=O) groups is 3. The summed E-state index contributed by atoms with van der Waals surface area (Å²) in [6, 6.07) is 0. The van der Waals surface area contributed by atoms with E-state index in [0.717, 1.165) is 12.8 Å². The van der Waals surface area contributed by atoms with Gasteiger partial charge in [-0.2, -0.15) is 0 Å². The molecule has 0 spiro atoms. The van der Waals surface area contributed by atoms with Gasteiger partial charge in [-0.25, -0.2) is 0 Å². The van der Waals surface area contributed by atoms with Crippen LogP contribution in [0.2, 0.25) is 0 Å². The second kappa shape index (κ2) is 21.8. The van der Waals surface area contributed by atoms with Gasteiger partial charge in [-0.3, -0.25) is 14.4 Å². The molecule has 0 aliphatic heterocycles. The highest BCUT2D eigenvalue weighted by Gasteiger charge is 2.12. The summed E-state index contributed by atoms with van der Waals surface area (Å²) in [5, 5.41) is 8.59. The lowest BCUT2D eigenvalue weighted by molar-refractivity contribution is -0.145. The molecule has 5 heteroatoms. The molecule has 0 bridgehead atoms. The first kappa shape index (κ1) is 29.6. The van der Waals surface area contributed by atoms with E-state index in [9.17, 15) is 14.4 Å². The van der Waals surface area contributed by atoms with Gasteiger partial charge < -0.3 is 9.84 Å². The van der Waals surface area contributed by atoms with Crippen LogP contribution >= 0.6 is 0 Å². The minimum absolute atomic E-state index is 0.122. The third kappa shape index (κ3) is 21.6. The second-order valence-corrected chi connectivity index (χ2v) is 8.95. The van der Waals surface area contributed by atoms with Crippen molar-refractivity contribution >= 4 is 17.7 Å². The van der Waals surface area contributed by atoms with Gasteiger partial charge >= 0.3 is 11.9 Å². The fraction of sp³-hybridized carbons (Fsp3) is 0.885. The molecule has 0 aliphatic rings. The van der Waals surface area contributed by atoms with E-state index in [1.165, 1.54) is 57.8 Å². The molecule has 0 heterocycles.